The molecule has 1 saturated heterocycles. The molecule has 30 heavy (non-hydrogen) atoms. The van der Waals surface area contributed by atoms with Gasteiger partial charge in [-0.05, 0) is 37.6 Å². The minimum atomic E-state index is -0.981. The maximum atomic E-state index is 14.6. The van der Waals surface area contributed by atoms with Gasteiger partial charge in [-0.2, -0.15) is 0 Å². The van der Waals surface area contributed by atoms with Crippen LogP contribution in [0.4, 0.5) is 19.0 Å². The molecule has 1 aliphatic rings. The maximum absolute atomic E-state index is 14.6. The number of rotatable bonds is 4. The Kier molecular flexibility index (Phi) is 5.19. The smallest absolute Gasteiger partial charge is 0.343 e. The van der Waals surface area contributed by atoms with Crippen LogP contribution in [0.5, 0.6) is 0 Å². The SMILES string of the molecule is CCOC(=O)c1cn(-c2ccc(F)cc2F)c2nc(N3CC[C@H](F)C3)ccc2c1=O. The number of carbonyl (C=O) groups excluding carboxylic acids is 1. The van der Waals surface area contributed by atoms with Crippen molar-refractivity contribution in [3.8, 4) is 5.69 Å². The summed E-state index contributed by atoms with van der Waals surface area (Å²) >= 11 is 0. The standard InChI is InChI=1S/C21H18F3N3O3/c1-2-30-21(29)15-11-27(17-5-3-12(22)9-16(17)24)20-14(19(15)28)4-6-18(25-20)26-8-7-13(23)10-26/h3-6,9,11,13H,2,7-8,10H2,1H3/t13-/m0/s1. The van der Waals surface area contributed by atoms with E-state index in [0.717, 1.165) is 12.3 Å². The van der Waals surface area contributed by atoms with E-state index >= 15 is 0 Å². The molecular formula is C21H18F3N3O3. The van der Waals surface area contributed by atoms with Crippen LogP contribution in [0.2, 0.25) is 0 Å². The van der Waals surface area contributed by atoms with E-state index in [2.05, 4.69) is 4.98 Å². The Labute approximate surface area is 169 Å². The molecule has 0 saturated carbocycles. The number of fused-ring (bicyclic) bond motifs is 1. The van der Waals surface area contributed by atoms with Crippen LogP contribution in [0, 0.1) is 11.6 Å². The number of nitrogens with zero attached hydrogens (tertiary/aromatic N) is 3. The molecule has 0 N–H and O–H groups in total. The Bertz CT molecular complexity index is 1200. The second-order valence-electron chi connectivity index (χ2n) is 6.93. The average Bonchev–Trinajstić information content (AvgIpc) is 3.15. The average molecular weight is 417 g/mol. The minimum Gasteiger partial charge on any atom is -0.462 e. The van der Waals surface area contributed by atoms with Gasteiger partial charge in [-0.3, -0.25) is 9.36 Å². The molecule has 0 aliphatic carbocycles. The molecular weight excluding hydrogens is 399 g/mol. The predicted molar refractivity (Wildman–Crippen MR) is 105 cm³/mol. The van der Waals surface area contributed by atoms with Gasteiger partial charge in [0.25, 0.3) is 0 Å². The Morgan fingerprint density at radius 3 is 2.73 bits per heavy atom. The Balaban J connectivity index is 1.98. The third-order valence-corrected chi connectivity index (χ3v) is 4.96. The zero-order valence-electron chi connectivity index (χ0n) is 16.1. The zero-order chi connectivity index (χ0) is 21.4. The lowest BCUT2D eigenvalue weighted by Gasteiger charge is -2.19. The highest BCUT2D eigenvalue weighted by Crippen LogP contribution is 2.25. The molecule has 1 aromatic carbocycles. The zero-order valence-corrected chi connectivity index (χ0v) is 16.1. The van der Waals surface area contributed by atoms with Crippen molar-refractivity contribution in [2.75, 3.05) is 24.6 Å². The molecule has 2 aromatic heterocycles. The van der Waals surface area contributed by atoms with E-state index in [9.17, 15) is 22.8 Å². The molecule has 1 aliphatic heterocycles. The van der Waals surface area contributed by atoms with Crippen molar-refractivity contribution in [1.29, 1.82) is 0 Å². The normalized spacial score (nSPS) is 16.3. The van der Waals surface area contributed by atoms with E-state index in [1.54, 1.807) is 17.9 Å². The number of aromatic nitrogens is 2. The topological polar surface area (TPSA) is 64.4 Å². The van der Waals surface area contributed by atoms with Crippen LogP contribution in [0.3, 0.4) is 0 Å². The van der Waals surface area contributed by atoms with Crippen LogP contribution in [-0.4, -0.2) is 41.4 Å². The van der Waals surface area contributed by atoms with E-state index in [0.29, 0.717) is 24.8 Å². The quantitative estimate of drug-likeness (QED) is 0.609. The van der Waals surface area contributed by atoms with Gasteiger partial charge in [0.15, 0.2) is 5.65 Å². The second kappa shape index (κ2) is 7.81. The summed E-state index contributed by atoms with van der Waals surface area (Å²) in [5, 5.41) is 0.0593. The van der Waals surface area contributed by atoms with E-state index in [1.807, 2.05) is 0 Å². The van der Waals surface area contributed by atoms with Crippen molar-refractivity contribution >= 4 is 22.8 Å². The van der Waals surface area contributed by atoms with Gasteiger partial charge in [0.2, 0.25) is 5.43 Å². The van der Waals surface area contributed by atoms with Gasteiger partial charge >= 0.3 is 5.97 Å². The molecule has 156 valence electrons. The van der Waals surface area contributed by atoms with Crippen molar-refractivity contribution in [3.63, 3.8) is 0 Å². The number of esters is 1. The number of ether oxygens (including phenoxy) is 1. The van der Waals surface area contributed by atoms with Crippen LogP contribution in [0.1, 0.15) is 23.7 Å². The first-order valence-corrected chi connectivity index (χ1v) is 9.47. The third-order valence-electron chi connectivity index (χ3n) is 4.96. The molecule has 6 nitrogen and oxygen atoms in total. The summed E-state index contributed by atoms with van der Waals surface area (Å²) in [5.74, 6) is -2.11. The fourth-order valence-electron chi connectivity index (χ4n) is 3.51. The highest BCUT2D eigenvalue weighted by atomic mass is 19.1. The number of carbonyl (C=O) groups is 1. The van der Waals surface area contributed by atoms with Crippen LogP contribution in [0.15, 0.2) is 41.3 Å². The largest absolute Gasteiger partial charge is 0.462 e. The summed E-state index contributed by atoms with van der Waals surface area (Å²) in [5.41, 5.74) is -0.946. The maximum Gasteiger partial charge on any atom is 0.343 e. The first-order chi connectivity index (χ1) is 14.4. The van der Waals surface area contributed by atoms with Gasteiger partial charge in [-0.25, -0.2) is 22.9 Å². The van der Waals surface area contributed by atoms with Crippen LogP contribution >= 0.6 is 0 Å². The van der Waals surface area contributed by atoms with Gasteiger partial charge in [-0.1, -0.05) is 0 Å². The lowest BCUT2D eigenvalue weighted by atomic mass is 10.1. The van der Waals surface area contributed by atoms with Gasteiger partial charge in [0.05, 0.1) is 24.2 Å². The molecule has 1 atom stereocenters. The van der Waals surface area contributed by atoms with Gasteiger partial charge in [0.1, 0.15) is 29.2 Å². The fraction of sp³-hybridized carbons (Fsp3) is 0.286. The number of anilines is 1. The number of alkyl halides is 1. The van der Waals surface area contributed by atoms with E-state index in [-0.39, 0.29) is 35.4 Å². The van der Waals surface area contributed by atoms with Gasteiger partial charge in [0, 0.05) is 18.8 Å². The molecule has 0 amide bonds. The van der Waals surface area contributed by atoms with E-state index in [1.165, 1.54) is 16.7 Å². The van der Waals surface area contributed by atoms with Gasteiger partial charge in [-0.15, -0.1) is 0 Å². The monoisotopic (exact) mass is 417 g/mol. The molecule has 0 unspecified atom stereocenters. The van der Waals surface area contributed by atoms with Crippen LogP contribution < -0.4 is 10.3 Å². The number of hydrogen-bond donors (Lipinski definition) is 0. The summed E-state index contributed by atoms with van der Waals surface area (Å²) < 4.78 is 47.8. The van der Waals surface area contributed by atoms with Crippen molar-refractivity contribution < 1.29 is 22.7 Å². The number of benzene rings is 1. The van der Waals surface area contributed by atoms with Crippen LogP contribution in [-0.2, 0) is 4.74 Å². The van der Waals surface area contributed by atoms with Gasteiger partial charge < -0.3 is 9.64 Å². The van der Waals surface area contributed by atoms with E-state index in [4.69, 9.17) is 4.74 Å². The highest BCUT2D eigenvalue weighted by Gasteiger charge is 2.25. The molecule has 0 bridgehead atoms. The molecule has 3 aromatic rings. The Morgan fingerprint density at radius 2 is 2.07 bits per heavy atom. The lowest BCUT2D eigenvalue weighted by Crippen LogP contribution is -2.24. The molecule has 0 radical (unpaired) electrons. The first kappa shape index (κ1) is 19.9. The molecule has 1 fully saturated rings. The number of halogens is 3. The first-order valence-electron chi connectivity index (χ1n) is 9.47. The van der Waals surface area contributed by atoms with E-state index < -0.39 is 29.2 Å². The highest BCUT2D eigenvalue weighted by molar-refractivity contribution is 5.93. The second-order valence-corrected chi connectivity index (χ2v) is 6.93. The fourth-order valence-corrected chi connectivity index (χ4v) is 3.51. The van der Waals surface area contributed by atoms with Crippen molar-refractivity contribution in [2.45, 2.75) is 19.5 Å². The Hall–Kier alpha value is -3.36. The predicted octanol–water partition coefficient (Wildman–Crippen LogP) is 3.39. The number of hydrogen-bond acceptors (Lipinski definition) is 5. The van der Waals surface area contributed by atoms with Crippen molar-refractivity contribution in [3.05, 3.63) is 63.9 Å². The molecule has 4 rings (SSSR count). The summed E-state index contributed by atoms with van der Waals surface area (Å²) in [6.07, 6.45) is 0.518. The minimum absolute atomic E-state index is 0.0533. The molecule has 0 spiro atoms. The third kappa shape index (κ3) is 3.51. The summed E-state index contributed by atoms with van der Waals surface area (Å²) in [6, 6.07) is 5.96. The summed E-state index contributed by atoms with van der Waals surface area (Å²) in [7, 11) is 0. The molecule has 9 heteroatoms. The Morgan fingerprint density at radius 1 is 1.27 bits per heavy atom. The lowest BCUT2D eigenvalue weighted by molar-refractivity contribution is 0.0524. The summed E-state index contributed by atoms with van der Waals surface area (Å²) in [4.78, 5) is 31.3. The molecule has 3 heterocycles. The number of pyridine rings is 2. The summed E-state index contributed by atoms with van der Waals surface area (Å²) in [6.45, 7) is 2.27. The van der Waals surface area contributed by atoms with Crippen molar-refractivity contribution in [2.24, 2.45) is 0 Å². The van der Waals surface area contributed by atoms with Crippen LogP contribution in [0.25, 0.3) is 16.7 Å². The van der Waals surface area contributed by atoms with Crippen molar-refractivity contribution in [1.82, 2.24) is 9.55 Å².